The molecule has 3 aromatic rings. The van der Waals surface area contributed by atoms with Crippen LogP contribution in [0.15, 0.2) is 60.8 Å². The summed E-state index contributed by atoms with van der Waals surface area (Å²) in [6, 6.07) is 17.9. The first kappa shape index (κ1) is 19.4. The van der Waals surface area contributed by atoms with Gasteiger partial charge in [-0.3, -0.25) is 14.7 Å². The van der Waals surface area contributed by atoms with Crippen molar-refractivity contribution >= 4 is 28.2 Å². The van der Waals surface area contributed by atoms with Crippen molar-refractivity contribution in [2.24, 2.45) is 0 Å². The summed E-state index contributed by atoms with van der Waals surface area (Å²) in [7, 11) is 0. The second-order valence-corrected chi connectivity index (χ2v) is 7.47. The zero-order valence-corrected chi connectivity index (χ0v) is 16.3. The first-order valence-corrected chi connectivity index (χ1v) is 10.0. The molecule has 1 aromatic heterocycles. The summed E-state index contributed by atoms with van der Waals surface area (Å²) >= 11 is 0. The van der Waals surface area contributed by atoms with Crippen LogP contribution < -0.4 is 10.6 Å². The van der Waals surface area contributed by atoms with Gasteiger partial charge in [-0.05, 0) is 43.2 Å². The summed E-state index contributed by atoms with van der Waals surface area (Å²) in [5.41, 5.74) is 3.63. The maximum absolute atomic E-state index is 12.5. The molecule has 0 bridgehead atoms. The number of carbonyl (C=O) groups excluding carboxylic acids is 1. The third-order valence-corrected chi connectivity index (χ3v) is 5.39. The van der Waals surface area contributed by atoms with E-state index in [1.165, 1.54) is 0 Å². The molecule has 0 saturated carbocycles. The van der Waals surface area contributed by atoms with Gasteiger partial charge < -0.3 is 15.7 Å². The lowest BCUT2D eigenvalue weighted by atomic mass is 10.0. The van der Waals surface area contributed by atoms with Crippen molar-refractivity contribution < 1.29 is 9.90 Å². The first-order chi connectivity index (χ1) is 14.2. The van der Waals surface area contributed by atoms with Crippen LogP contribution in [0, 0.1) is 0 Å². The highest BCUT2D eigenvalue weighted by atomic mass is 16.3. The minimum Gasteiger partial charge on any atom is -0.392 e. The van der Waals surface area contributed by atoms with Crippen LogP contribution >= 0.6 is 0 Å². The lowest BCUT2D eigenvalue weighted by molar-refractivity contribution is -0.117. The van der Waals surface area contributed by atoms with E-state index in [2.05, 4.69) is 20.5 Å². The van der Waals surface area contributed by atoms with Crippen molar-refractivity contribution in [3.63, 3.8) is 0 Å². The lowest BCUT2D eigenvalue weighted by Crippen LogP contribution is -2.42. The molecular formula is C23H26N4O2. The third-order valence-electron chi connectivity index (χ3n) is 5.39. The highest BCUT2D eigenvalue weighted by Crippen LogP contribution is 2.21. The van der Waals surface area contributed by atoms with Crippen LogP contribution in [-0.4, -0.2) is 46.6 Å². The van der Waals surface area contributed by atoms with Gasteiger partial charge in [-0.25, -0.2) is 0 Å². The summed E-state index contributed by atoms with van der Waals surface area (Å²) in [6.07, 6.45) is 3.70. The van der Waals surface area contributed by atoms with Gasteiger partial charge in [0.1, 0.15) is 0 Å². The minimum absolute atomic E-state index is 0.00488. The number of nitrogens with zero attached hydrogens (tertiary/aromatic N) is 2. The van der Waals surface area contributed by atoms with Crippen molar-refractivity contribution in [3.05, 3.63) is 66.4 Å². The summed E-state index contributed by atoms with van der Waals surface area (Å²) in [5.74, 6) is 0.00488. The van der Waals surface area contributed by atoms with Crippen LogP contribution in [0.3, 0.4) is 0 Å². The van der Waals surface area contributed by atoms with Crippen LogP contribution in [-0.2, 0) is 11.4 Å². The fourth-order valence-electron chi connectivity index (χ4n) is 3.81. The largest absolute Gasteiger partial charge is 0.392 e. The van der Waals surface area contributed by atoms with E-state index in [-0.39, 0.29) is 12.5 Å². The topological polar surface area (TPSA) is 77.5 Å². The molecule has 0 spiro atoms. The number of hydrogen-bond donors (Lipinski definition) is 3. The molecule has 1 saturated heterocycles. The van der Waals surface area contributed by atoms with Gasteiger partial charge in [0.25, 0.3) is 0 Å². The number of carbonyl (C=O) groups is 1. The molecule has 0 radical (unpaired) electrons. The minimum atomic E-state index is 0.00488. The second-order valence-electron chi connectivity index (χ2n) is 7.47. The molecule has 0 aliphatic carbocycles. The summed E-state index contributed by atoms with van der Waals surface area (Å²) in [4.78, 5) is 19.0. The maximum Gasteiger partial charge on any atom is 0.238 e. The Morgan fingerprint density at radius 3 is 2.76 bits per heavy atom. The van der Waals surface area contributed by atoms with Gasteiger partial charge in [-0.1, -0.05) is 24.3 Å². The van der Waals surface area contributed by atoms with Gasteiger partial charge in [0.05, 0.1) is 18.7 Å². The van der Waals surface area contributed by atoms with Crippen LogP contribution in [0.25, 0.3) is 10.9 Å². The number of piperidine rings is 1. The first-order valence-electron chi connectivity index (χ1n) is 10.0. The molecule has 2 aromatic carbocycles. The van der Waals surface area contributed by atoms with Crippen LogP contribution in [0.4, 0.5) is 11.4 Å². The highest BCUT2D eigenvalue weighted by Gasteiger charge is 2.21. The predicted octanol–water partition coefficient (Wildman–Crippen LogP) is 3.24. The van der Waals surface area contributed by atoms with E-state index >= 15 is 0 Å². The Kier molecular flexibility index (Phi) is 6.03. The number of likely N-dealkylation sites (tertiary alicyclic amines) is 1. The van der Waals surface area contributed by atoms with Crippen LogP contribution in [0.1, 0.15) is 18.4 Å². The number of hydrogen-bond acceptors (Lipinski definition) is 5. The predicted molar refractivity (Wildman–Crippen MR) is 116 cm³/mol. The van der Waals surface area contributed by atoms with Crippen molar-refractivity contribution in [2.45, 2.75) is 25.5 Å². The molecule has 2 heterocycles. The van der Waals surface area contributed by atoms with E-state index in [0.29, 0.717) is 12.6 Å². The third kappa shape index (κ3) is 4.91. The molecule has 0 atom stereocenters. The Labute approximate surface area is 170 Å². The molecule has 6 nitrogen and oxygen atoms in total. The molecule has 4 rings (SSSR count). The average molecular weight is 390 g/mol. The van der Waals surface area contributed by atoms with E-state index in [1.54, 1.807) is 6.20 Å². The number of fused-ring (bicyclic) bond motifs is 1. The van der Waals surface area contributed by atoms with Gasteiger partial charge in [0.15, 0.2) is 0 Å². The molecule has 1 aliphatic rings. The SMILES string of the molecule is O=C(CN1CCC(Nc2ccccc2CO)CC1)Nc1ccc2ncccc2c1. The number of benzene rings is 2. The van der Waals surface area contributed by atoms with E-state index in [1.807, 2.05) is 54.6 Å². The van der Waals surface area contributed by atoms with E-state index in [9.17, 15) is 9.90 Å². The number of nitrogens with one attached hydrogen (secondary N) is 2. The number of para-hydroxylation sites is 1. The van der Waals surface area contributed by atoms with E-state index < -0.39 is 0 Å². The maximum atomic E-state index is 12.5. The van der Waals surface area contributed by atoms with E-state index in [0.717, 1.165) is 53.8 Å². The summed E-state index contributed by atoms with van der Waals surface area (Å²) in [5, 5.41) is 17.0. The van der Waals surface area contributed by atoms with Crippen molar-refractivity contribution in [1.29, 1.82) is 0 Å². The van der Waals surface area contributed by atoms with Gasteiger partial charge in [0.2, 0.25) is 5.91 Å². The molecule has 1 aliphatic heterocycles. The Morgan fingerprint density at radius 1 is 1.10 bits per heavy atom. The van der Waals surface area contributed by atoms with Gasteiger partial charge in [-0.15, -0.1) is 0 Å². The Morgan fingerprint density at radius 2 is 1.93 bits per heavy atom. The number of anilines is 2. The molecule has 1 amide bonds. The molecule has 1 fully saturated rings. The summed E-state index contributed by atoms with van der Waals surface area (Å²) < 4.78 is 0. The molecule has 150 valence electrons. The monoisotopic (exact) mass is 390 g/mol. The summed E-state index contributed by atoms with van der Waals surface area (Å²) in [6.45, 7) is 2.17. The number of pyridine rings is 1. The number of aliphatic hydroxyl groups excluding tert-OH is 1. The number of aromatic nitrogens is 1. The van der Waals surface area contributed by atoms with E-state index in [4.69, 9.17) is 0 Å². The molecule has 3 N–H and O–H groups in total. The standard InChI is InChI=1S/C23H26N4O2/c28-16-18-4-1-2-6-22(18)25-19-9-12-27(13-10-19)15-23(29)26-20-7-8-21-17(14-20)5-3-11-24-21/h1-8,11,14,19,25,28H,9-10,12-13,15-16H2,(H,26,29). The van der Waals surface area contributed by atoms with Gasteiger partial charge in [-0.2, -0.15) is 0 Å². The Bertz CT molecular complexity index is 983. The molecular weight excluding hydrogens is 364 g/mol. The molecule has 29 heavy (non-hydrogen) atoms. The Hall–Kier alpha value is -2.96. The smallest absolute Gasteiger partial charge is 0.238 e. The van der Waals surface area contributed by atoms with Crippen molar-refractivity contribution in [2.75, 3.05) is 30.3 Å². The zero-order valence-electron chi connectivity index (χ0n) is 16.3. The molecule has 6 heteroatoms. The highest BCUT2D eigenvalue weighted by molar-refractivity contribution is 5.94. The van der Waals surface area contributed by atoms with Crippen molar-refractivity contribution in [3.8, 4) is 0 Å². The van der Waals surface area contributed by atoms with Crippen LogP contribution in [0.5, 0.6) is 0 Å². The molecule has 0 unspecified atom stereocenters. The average Bonchev–Trinajstić information content (AvgIpc) is 2.75. The number of rotatable bonds is 6. The van der Waals surface area contributed by atoms with Gasteiger partial charge in [0, 0.05) is 47.7 Å². The fraction of sp³-hybridized carbons (Fsp3) is 0.304. The zero-order chi connectivity index (χ0) is 20.1. The number of aliphatic hydroxyl groups is 1. The lowest BCUT2D eigenvalue weighted by Gasteiger charge is -2.32. The van der Waals surface area contributed by atoms with Gasteiger partial charge >= 0.3 is 0 Å². The number of amides is 1. The van der Waals surface area contributed by atoms with Crippen molar-refractivity contribution in [1.82, 2.24) is 9.88 Å². The normalized spacial score (nSPS) is 15.3. The fourth-order valence-corrected chi connectivity index (χ4v) is 3.81. The Balaban J connectivity index is 1.27. The van der Waals surface area contributed by atoms with Crippen LogP contribution in [0.2, 0.25) is 0 Å². The second kappa shape index (κ2) is 9.03. The quantitative estimate of drug-likeness (QED) is 0.602.